The van der Waals surface area contributed by atoms with Crippen LogP contribution in [0.25, 0.3) is 0 Å². The summed E-state index contributed by atoms with van der Waals surface area (Å²) in [6.07, 6.45) is 9.98. The summed E-state index contributed by atoms with van der Waals surface area (Å²) in [5, 5.41) is 8.20. The Morgan fingerprint density at radius 2 is 2.17 bits per heavy atom. The van der Waals surface area contributed by atoms with Crippen molar-refractivity contribution in [2.75, 3.05) is 0 Å². The SMILES string of the molecule is CC(C)(C)n1cc(CNC2CC3CCC2C3)cn1. The standard InChI is InChI=1S/C15H25N3/c1-15(2,3)18-10-12(9-17-18)8-16-14-7-11-4-5-13(14)6-11/h9-11,13-14,16H,4-8H2,1-3H3. The topological polar surface area (TPSA) is 29.9 Å². The number of hydrogen-bond acceptors (Lipinski definition) is 2. The zero-order valence-corrected chi connectivity index (χ0v) is 11.8. The van der Waals surface area contributed by atoms with Crippen molar-refractivity contribution >= 4 is 0 Å². The van der Waals surface area contributed by atoms with Crippen LogP contribution in [-0.4, -0.2) is 15.8 Å². The Kier molecular flexibility index (Phi) is 2.97. The Balaban J connectivity index is 1.56. The zero-order chi connectivity index (χ0) is 12.8. The van der Waals surface area contributed by atoms with Gasteiger partial charge in [0, 0.05) is 24.3 Å². The molecule has 3 rings (SSSR count). The maximum atomic E-state index is 4.46. The van der Waals surface area contributed by atoms with E-state index >= 15 is 0 Å². The molecule has 3 unspecified atom stereocenters. The van der Waals surface area contributed by atoms with Crippen LogP contribution in [0.4, 0.5) is 0 Å². The van der Waals surface area contributed by atoms with Gasteiger partial charge in [-0.1, -0.05) is 6.42 Å². The summed E-state index contributed by atoms with van der Waals surface area (Å²) in [6.45, 7) is 7.54. The number of aromatic nitrogens is 2. The molecule has 1 N–H and O–H groups in total. The summed E-state index contributed by atoms with van der Waals surface area (Å²) in [4.78, 5) is 0. The first-order valence-electron chi connectivity index (χ1n) is 7.30. The van der Waals surface area contributed by atoms with E-state index in [0.717, 1.165) is 24.4 Å². The summed E-state index contributed by atoms with van der Waals surface area (Å²) in [5.41, 5.74) is 1.40. The molecule has 3 nitrogen and oxygen atoms in total. The van der Waals surface area contributed by atoms with Crippen molar-refractivity contribution in [3.8, 4) is 0 Å². The minimum Gasteiger partial charge on any atom is -0.310 e. The van der Waals surface area contributed by atoms with Gasteiger partial charge in [0.25, 0.3) is 0 Å². The van der Waals surface area contributed by atoms with Crippen LogP contribution < -0.4 is 5.32 Å². The van der Waals surface area contributed by atoms with Gasteiger partial charge in [-0.25, -0.2) is 0 Å². The average Bonchev–Trinajstić information content (AvgIpc) is 3.01. The van der Waals surface area contributed by atoms with Gasteiger partial charge in [0.2, 0.25) is 0 Å². The van der Waals surface area contributed by atoms with Crippen molar-refractivity contribution in [1.82, 2.24) is 15.1 Å². The average molecular weight is 247 g/mol. The third-order valence-electron chi connectivity index (χ3n) is 4.63. The van der Waals surface area contributed by atoms with Crippen LogP contribution in [0.15, 0.2) is 12.4 Å². The summed E-state index contributed by atoms with van der Waals surface area (Å²) < 4.78 is 2.06. The molecule has 0 spiro atoms. The van der Waals surface area contributed by atoms with Gasteiger partial charge in [-0.2, -0.15) is 5.10 Å². The second-order valence-corrected chi connectivity index (χ2v) is 7.13. The number of nitrogens with one attached hydrogen (secondary N) is 1. The molecule has 1 aromatic rings. The third-order valence-corrected chi connectivity index (χ3v) is 4.63. The van der Waals surface area contributed by atoms with E-state index in [1.807, 2.05) is 6.20 Å². The van der Waals surface area contributed by atoms with Crippen LogP contribution >= 0.6 is 0 Å². The molecular weight excluding hydrogens is 222 g/mol. The summed E-state index contributed by atoms with van der Waals surface area (Å²) >= 11 is 0. The minimum atomic E-state index is 0.0880. The van der Waals surface area contributed by atoms with Crippen molar-refractivity contribution in [2.24, 2.45) is 11.8 Å². The Hall–Kier alpha value is -0.830. The van der Waals surface area contributed by atoms with Crippen LogP contribution in [0, 0.1) is 11.8 Å². The largest absolute Gasteiger partial charge is 0.310 e. The number of fused-ring (bicyclic) bond motifs is 2. The molecule has 18 heavy (non-hydrogen) atoms. The molecule has 1 aromatic heterocycles. The van der Waals surface area contributed by atoms with E-state index in [9.17, 15) is 0 Å². The lowest BCUT2D eigenvalue weighted by atomic mass is 9.95. The highest BCUT2D eigenvalue weighted by atomic mass is 15.3. The van der Waals surface area contributed by atoms with Crippen LogP contribution in [0.5, 0.6) is 0 Å². The van der Waals surface area contributed by atoms with Gasteiger partial charge in [-0.05, 0) is 51.9 Å². The lowest BCUT2D eigenvalue weighted by molar-refractivity contribution is 0.348. The molecule has 0 saturated heterocycles. The second-order valence-electron chi connectivity index (χ2n) is 7.13. The highest BCUT2D eigenvalue weighted by molar-refractivity contribution is 5.06. The molecule has 3 heteroatoms. The van der Waals surface area contributed by atoms with E-state index < -0.39 is 0 Å². The first kappa shape index (κ1) is 12.2. The second kappa shape index (κ2) is 4.37. The van der Waals surface area contributed by atoms with E-state index in [-0.39, 0.29) is 5.54 Å². The van der Waals surface area contributed by atoms with Gasteiger partial charge in [-0.15, -0.1) is 0 Å². The summed E-state index contributed by atoms with van der Waals surface area (Å²) in [5.74, 6) is 1.97. The highest BCUT2D eigenvalue weighted by Crippen LogP contribution is 2.44. The van der Waals surface area contributed by atoms with E-state index in [2.05, 4.69) is 42.1 Å². The molecule has 1 heterocycles. The van der Waals surface area contributed by atoms with E-state index in [1.54, 1.807) is 0 Å². The molecule has 2 saturated carbocycles. The number of rotatable bonds is 3. The molecule has 2 bridgehead atoms. The Labute approximate surface area is 110 Å². The fraction of sp³-hybridized carbons (Fsp3) is 0.800. The molecule has 0 aliphatic heterocycles. The van der Waals surface area contributed by atoms with Crippen molar-refractivity contribution in [3.05, 3.63) is 18.0 Å². The van der Waals surface area contributed by atoms with Gasteiger partial charge >= 0.3 is 0 Å². The first-order valence-corrected chi connectivity index (χ1v) is 7.30. The lowest BCUT2D eigenvalue weighted by Crippen LogP contribution is -2.33. The molecule has 2 aliphatic carbocycles. The first-order chi connectivity index (χ1) is 8.52. The smallest absolute Gasteiger partial charge is 0.0543 e. The predicted octanol–water partition coefficient (Wildman–Crippen LogP) is 2.92. The molecule has 0 amide bonds. The quantitative estimate of drug-likeness (QED) is 0.890. The fourth-order valence-corrected chi connectivity index (χ4v) is 3.56. The van der Waals surface area contributed by atoms with Gasteiger partial charge in [0.05, 0.1) is 11.7 Å². The number of hydrogen-bond donors (Lipinski definition) is 1. The van der Waals surface area contributed by atoms with Crippen LogP contribution in [0.3, 0.4) is 0 Å². The number of nitrogens with zero attached hydrogens (tertiary/aromatic N) is 2. The molecule has 100 valence electrons. The van der Waals surface area contributed by atoms with Crippen molar-refractivity contribution < 1.29 is 0 Å². The zero-order valence-electron chi connectivity index (χ0n) is 11.8. The minimum absolute atomic E-state index is 0.0880. The molecular formula is C15H25N3. The Bertz CT molecular complexity index is 416. The normalized spacial score (nSPS) is 31.2. The van der Waals surface area contributed by atoms with E-state index in [0.29, 0.717) is 0 Å². The highest BCUT2D eigenvalue weighted by Gasteiger charge is 2.38. The van der Waals surface area contributed by atoms with Crippen molar-refractivity contribution in [3.63, 3.8) is 0 Å². The molecule has 0 aromatic carbocycles. The molecule has 3 atom stereocenters. The molecule has 2 fully saturated rings. The predicted molar refractivity (Wildman–Crippen MR) is 73.3 cm³/mol. The summed E-state index contributed by atoms with van der Waals surface area (Å²) in [7, 11) is 0. The van der Waals surface area contributed by atoms with Crippen molar-refractivity contribution in [1.29, 1.82) is 0 Å². The van der Waals surface area contributed by atoms with Crippen LogP contribution in [-0.2, 0) is 12.1 Å². The van der Waals surface area contributed by atoms with Gasteiger partial charge in [0.15, 0.2) is 0 Å². The van der Waals surface area contributed by atoms with E-state index in [4.69, 9.17) is 0 Å². The molecule has 2 aliphatic rings. The lowest BCUT2D eigenvalue weighted by Gasteiger charge is -2.22. The third kappa shape index (κ3) is 2.33. The van der Waals surface area contributed by atoms with Gasteiger partial charge in [0.1, 0.15) is 0 Å². The van der Waals surface area contributed by atoms with Crippen LogP contribution in [0.2, 0.25) is 0 Å². The van der Waals surface area contributed by atoms with Gasteiger partial charge < -0.3 is 5.32 Å². The van der Waals surface area contributed by atoms with Crippen molar-refractivity contribution in [2.45, 2.75) is 64.6 Å². The summed E-state index contributed by atoms with van der Waals surface area (Å²) in [6, 6.07) is 0.765. The van der Waals surface area contributed by atoms with E-state index in [1.165, 1.54) is 31.2 Å². The fourth-order valence-electron chi connectivity index (χ4n) is 3.56. The van der Waals surface area contributed by atoms with Crippen LogP contribution in [0.1, 0.15) is 52.0 Å². The molecule has 0 radical (unpaired) electrons. The maximum absolute atomic E-state index is 4.46. The monoisotopic (exact) mass is 247 g/mol. The maximum Gasteiger partial charge on any atom is 0.0543 e. The van der Waals surface area contributed by atoms with Gasteiger partial charge in [-0.3, -0.25) is 4.68 Å². The Morgan fingerprint density at radius 1 is 1.33 bits per heavy atom. The Morgan fingerprint density at radius 3 is 2.72 bits per heavy atom.